The SMILES string of the molecule is COc1ccc([C@@H]2CC(c3ccccc3)=NN2[C@@H]2NC(=O)[C@H]([C@@H]3SC(=O)NC3=O)S2)cc1. The minimum Gasteiger partial charge on any atom is -0.497 e. The van der Waals surface area contributed by atoms with E-state index in [0.717, 1.165) is 34.3 Å². The lowest BCUT2D eigenvalue weighted by Gasteiger charge is -2.29. The molecular formula is C22H20N4O4S2. The van der Waals surface area contributed by atoms with Gasteiger partial charge in [-0.15, -0.1) is 0 Å². The molecule has 164 valence electrons. The van der Waals surface area contributed by atoms with Crippen LogP contribution in [0.3, 0.4) is 0 Å². The number of hydrogen-bond acceptors (Lipinski definition) is 8. The van der Waals surface area contributed by atoms with E-state index in [1.54, 1.807) is 7.11 Å². The van der Waals surface area contributed by atoms with Gasteiger partial charge < -0.3 is 10.1 Å². The molecule has 3 aliphatic heterocycles. The van der Waals surface area contributed by atoms with Crippen LogP contribution >= 0.6 is 23.5 Å². The summed E-state index contributed by atoms with van der Waals surface area (Å²) in [5.41, 5.74) is 2.54. The summed E-state index contributed by atoms with van der Waals surface area (Å²) >= 11 is 2.19. The van der Waals surface area contributed by atoms with Gasteiger partial charge in [-0.3, -0.25) is 24.7 Å². The van der Waals surface area contributed by atoms with Crippen molar-refractivity contribution >= 4 is 46.3 Å². The average Bonchev–Trinajstić information content (AvgIpc) is 3.50. The zero-order chi connectivity index (χ0) is 22.2. The van der Waals surface area contributed by atoms with Gasteiger partial charge in [-0.1, -0.05) is 54.2 Å². The maximum Gasteiger partial charge on any atom is 0.286 e. The third kappa shape index (κ3) is 3.84. The Morgan fingerprint density at radius 3 is 2.41 bits per heavy atom. The summed E-state index contributed by atoms with van der Waals surface area (Å²) in [4.78, 5) is 36.5. The zero-order valence-electron chi connectivity index (χ0n) is 17.1. The maximum absolute atomic E-state index is 12.7. The summed E-state index contributed by atoms with van der Waals surface area (Å²) < 4.78 is 5.28. The Hall–Kier alpha value is -2.98. The van der Waals surface area contributed by atoms with E-state index in [2.05, 4.69) is 10.6 Å². The smallest absolute Gasteiger partial charge is 0.286 e. The molecule has 0 bridgehead atoms. The van der Waals surface area contributed by atoms with Crippen molar-refractivity contribution in [2.45, 2.75) is 28.5 Å². The van der Waals surface area contributed by atoms with Gasteiger partial charge in [0.1, 0.15) is 16.2 Å². The van der Waals surface area contributed by atoms with Crippen LogP contribution in [0, 0.1) is 0 Å². The van der Waals surface area contributed by atoms with Crippen molar-refractivity contribution in [3.8, 4) is 5.75 Å². The van der Waals surface area contributed by atoms with Gasteiger partial charge in [-0.25, -0.2) is 0 Å². The van der Waals surface area contributed by atoms with E-state index in [-0.39, 0.29) is 11.9 Å². The zero-order valence-corrected chi connectivity index (χ0v) is 18.7. The lowest BCUT2D eigenvalue weighted by Crippen LogP contribution is -2.40. The van der Waals surface area contributed by atoms with Gasteiger partial charge in [-0.05, 0) is 35.0 Å². The quantitative estimate of drug-likeness (QED) is 0.696. The Kier molecular flexibility index (Phi) is 5.56. The molecule has 8 nitrogen and oxygen atoms in total. The summed E-state index contributed by atoms with van der Waals surface area (Å²) in [5, 5.41) is 10.2. The van der Waals surface area contributed by atoms with Gasteiger partial charge in [-0.2, -0.15) is 5.10 Å². The Bertz CT molecular complexity index is 1090. The molecule has 2 aromatic rings. The van der Waals surface area contributed by atoms with Crippen LogP contribution in [-0.2, 0) is 9.59 Å². The van der Waals surface area contributed by atoms with Crippen LogP contribution in [0.4, 0.5) is 4.79 Å². The predicted molar refractivity (Wildman–Crippen MR) is 123 cm³/mol. The lowest BCUT2D eigenvalue weighted by molar-refractivity contribution is -0.124. The van der Waals surface area contributed by atoms with E-state index in [9.17, 15) is 14.4 Å². The molecule has 0 saturated carbocycles. The van der Waals surface area contributed by atoms with Crippen molar-refractivity contribution in [3.63, 3.8) is 0 Å². The van der Waals surface area contributed by atoms with Crippen molar-refractivity contribution in [1.82, 2.24) is 15.6 Å². The Labute approximate surface area is 193 Å². The van der Waals surface area contributed by atoms with Gasteiger partial charge >= 0.3 is 0 Å². The summed E-state index contributed by atoms with van der Waals surface area (Å²) in [7, 11) is 1.63. The van der Waals surface area contributed by atoms with Crippen molar-refractivity contribution in [2.75, 3.05) is 7.11 Å². The molecule has 0 aliphatic carbocycles. The Morgan fingerprint density at radius 1 is 1.00 bits per heavy atom. The topological polar surface area (TPSA) is 100 Å². The molecule has 32 heavy (non-hydrogen) atoms. The lowest BCUT2D eigenvalue weighted by atomic mass is 9.98. The van der Waals surface area contributed by atoms with Crippen LogP contribution in [0.1, 0.15) is 23.6 Å². The number of hydrogen-bond donors (Lipinski definition) is 2. The third-order valence-corrected chi connectivity index (χ3v) is 8.18. The number of rotatable bonds is 5. The monoisotopic (exact) mass is 468 g/mol. The molecular weight excluding hydrogens is 448 g/mol. The van der Waals surface area contributed by atoms with Gasteiger partial charge in [0.2, 0.25) is 11.8 Å². The van der Waals surface area contributed by atoms with Crippen LogP contribution in [0.2, 0.25) is 0 Å². The van der Waals surface area contributed by atoms with Crippen LogP contribution in [0.5, 0.6) is 5.75 Å². The van der Waals surface area contributed by atoms with Crippen molar-refractivity contribution in [2.24, 2.45) is 5.10 Å². The van der Waals surface area contributed by atoms with Crippen molar-refractivity contribution < 1.29 is 19.1 Å². The summed E-state index contributed by atoms with van der Waals surface area (Å²) in [6.07, 6.45) is 0.672. The van der Waals surface area contributed by atoms with Crippen LogP contribution in [-0.4, -0.2) is 50.9 Å². The minimum absolute atomic E-state index is 0.0978. The number of hydrazone groups is 1. The second-order valence-corrected chi connectivity index (χ2v) is 9.86. The molecule has 10 heteroatoms. The fraction of sp³-hybridized carbons (Fsp3) is 0.273. The molecule has 2 saturated heterocycles. The fourth-order valence-corrected chi connectivity index (χ4v) is 6.39. The molecule has 0 unspecified atom stereocenters. The number of thioether (sulfide) groups is 2. The van der Waals surface area contributed by atoms with Gasteiger partial charge in [0.05, 0.1) is 18.9 Å². The number of ether oxygens (including phenoxy) is 1. The highest BCUT2D eigenvalue weighted by Gasteiger charge is 2.49. The molecule has 3 amide bonds. The van der Waals surface area contributed by atoms with Gasteiger partial charge in [0, 0.05) is 6.42 Å². The number of carbonyl (C=O) groups excluding carboxylic acids is 3. The number of benzene rings is 2. The summed E-state index contributed by atoms with van der Waals surface area (Å²) in [5.74, 6) is 0.0779. The molecule has 0 aromatic heterocycles. The maximum atomic E-state index is 12.7. The highest BCUT2D eigenvalue weighted by molar-refractivity contribution is 8.16. The van der Waals surface area contributed by atoms with E-state index >= 15 is 0 Å². The standard InChI is InChI=1S/C22H20N4O4S2/c1-30-14-9-7-13(8-10-14)16-11-15(12-5-3-2-4-6-12)25-26(16)21-23-19(27)17(31-21)18-20(28)24-22(29)32-18/h2-10,16-18,21H,11H2,1H3,(H,23,27)(H,24,28,29)/t16-,17-,18-,21-/m0/s1. The highest BCUT2D eigenvalue weighted by Crippen LogP contribution is 2.42. The molecule has 0 radical (unpaired) electrons. The molecule has 2 N–H and O–H groups in total. The molecule has 2 fully saturated rings. The molecule has 2 aromatic carbocycles. The van der Waals surface area contributed by atoms with E-state index in [1.165, 1.54) is 11.8 Å². The second-order valence-electron chi connectivity index (χ2n) is 7.52. The predicted octanol–water partition coefficient (Wildman–Crippen LogP) is 2.71. The first-order valence-corrected chi connectivity index (χ1v) is 11.9. The van der Waals surface area contributed by atoms with Crippen LogP contribution in [0.15, 0.2) is 59.7 Å². The number of amides is 3. The highest BCUT2D eigenvalue weighted by atomic mass is 32.2. The van der Waals surface area contributed by atoms with Crippen LogP contribution in [0.25, 0.3) is 0 Å². The van der Waals surface area contributed by atoms with Crippen molar-refractivity contribution in [3.05, 3.63) is 65.7 Å². The van der Waals surface area contributed by atoms with Crippen LogP contribution < -0.4 is 15.4 Å². The van der Waals surface area contributed by atoms with E-state index in [1.807, 2.05) is 59.6 Å². The summed E-state index contributed by atoms with van der Waals surface area (Å²) in [6, 6.07) is 17.6. The normalized spacial score (nSPS) is 27.3. The van der Waals surface area contributed by atoms with E-state index < -0.39 is 27.1 Å². The number of nitrogens with zero attached hydrogens (tertiary/aromatic N) is 2. The van der Waals surface area contributed by atoms with Gasteiger partial charge in [0.15, 0.2) is 5.50 Å². The first-order chi connectivity index (χ1) is 15.5. The number of imide groups is 1. The number of nitrogens with one attached hydrogen (secondary N) is 2. The minimum atomic E-state index is -0.739. The average molecular weight is 469 g/mol. The number of carbonyl (C=O) groups is 3. The number of methoxy groups -OCH3 is 1. The fourth-order valence-electron chi connectivity index (χ4n) is 3.99. The Balaban J connectivity index is 1.44. The molecule has 0 spiro atoms. The first-order valence-electron chi connectivity index (χ1n) is 10.1. The first kappa shape index (κ1) is 20.9. The second kappa shape index (κ2) is 8.51. The Morgan fingerprint density at radius 2 is 1.75 bits per heavy atom. The largest absolute Gasteiger partial charge is 0.497 e. The summed E-state index contributed by atoms with van der Waals surface area (Å²) in [6.45, 7) is 0. The molecule has 3 aliphatic rings. The van der Waals surface area contributed by atoms with Gasteiger partial charge in [0.25, 0.3) is 5.24 Å². The van der Waals surface area contributed by atoms with E-state index in [4.69, 9.17) is 9.84 Å². The molecule has 4 atom stereocenters. The molecule has 5 rings (SSSR count). The van der Waals surface area contributed by atoms with E-state index in [0.29, 0.717) is 6.42 Å². The third-order valence-electron chi connectivity index (χ3n) is 5.58. The van der Waals surface area contributed by atoms with Crippen molar-refractivity contribution in [1.29, 1.82) is 0 Å². The molecule has 3 heterocycles.